The molecule has 2 heterocycles. The lowest BCUT2D eigenvalue weighted by atomic mass is 10.2. The molecule has 1 fully saturated rings. The molecule has 8 heteroatoms. The molecule has 1 aliphatic heterocycles. The molecule has 2 aromatic carbocycles. The van der Waals surface area contributed by atoms with E-state index in [0.717, 1.165) is 39.5 Å². The Bertz CT molecular complexity index is 1040. The SMILES string of the molecule is Fc1ccccc1-c1nnc(SCc2cc3c(cc2Br)OCCO3)n1C1CC1. The first-order valence-corrected chi connectivity index (χ1v) is 10.9. The number of thioether (sulfide) groups is 1. The van der Waals surface area contributed by atoms with E-state index in [1.165, 1.54) is 6.07 Å². The van der Waals surface area contributed by atoms with E-state index in [4.69, 9.17) is 9.47 Å². The quantitative estimate of drug-likeness (QED) is 0.485. The van der Waals surface area contributed by atoms with E-state index in [9.17, 15) is 4.39 Å². The lowest BCUT2D eigenvalue weighted by molar-refractivity contribution is 0.171. The second-order valence-corrected chi connectivity index (χ2v) is 8.56. The van der Waals surface area contributed by atoms with Crippen molar-refractivity contribution in [2.24, 2.45) is 0 Å². The molecule has 0 saturated heterocycles. The second kappa shape index (κ2) is 7.40. The third-order valence-electron chi connectivity index (χ3n) is 4.76. The maximum atomic E-state index is 14.3. The van der Waals surface area contributed by atoms with E-state index < -0.39 is 0 Å². The summed E-state index contributed by atoms with van der Waals surface area (Å²) in [6.45, 7) is 1.13. The summed E-state index contributed by atoms with van der Waals surface area (Å²) >= 11 is 5.21. The van der Waals surface area contributed by atoms with Crippen molar-refractivity contribution >= 4 is 27.7 Å². The predicted molar refractivity (Wildman–Crippen MR) is 108 cm³/mol. The maximum Gasteiger partial charge on any atom is 0.192 e. The van der Waals surface area contributed by atoms with E-state index >= 15 is 0 Å². The van der Waals surface area contributed by atoms with Gasteiger partial charge in [0.2, 0.25) is 0 Å². The van der Waals surface area contributed by atoms with Crippen LogP contribution in [0.1, 0.15) is 24.4 Å². The molecule has 0 unspecified atom stereocenters. The fraction of sp³-hybridized carbons (Fsp3) is 0.300. The first kappa shape index (κ1) is 18.0. The second-order valence-electron chi connectivity index (χ2n) is 6.76. The molecule has 0 radical (unpaired) electrons. The predicted octanol–water partition coefficient (Wildman–Crippen LogP) is 5.25. The highest BCUT2D eigenvalue weighted by Crippen LogP contribution is 2.43. The smallest absolute Gasteiger partial charge is 0.192 e. The molecule has 1 aliphatic carbocycles. The Balaban J connectivity index is 1.43. The Hall–Kier alpha value is -2.06. The van der Waals surface area contributed by atoms with Crippen LogP contribution in [0.4, 0.5) is 4.39 Å². The highest BCUT2D eigenvalue weighted by molar-refractivity contribution is 9.10. The molecular weight excluding hydrogens is 445 g/mol. The van der Waals surface area contributed by atoms with Gasteiger partial charge in [-0.05, 0) is 42.7 Å². The Morgan fingerprint density at radius 1 is 1.11 bits per heavy atom. The van der Waals surface area contributed by atoms with Crippen LogP contribution in [0, 0.1) is 5.82 Å². The van der Waals surface area contributed by atoms with E-state index in [2.05, 4.69) is 30.7 Å². The summed E-state index contributed by atoms with van der Waals surface area (Å²) in [5.41, 5.74) is 1.58. The first-order chi connectivity index (χ1) is 13.7. The molecule has 2 aliphatic rings. The van der Waals surface area contributed by atoms with Gasteiger partial charge in [-0.25, -0.2) is 4.39 Å². The number of fused-ring (bicyclic) bond motifs is 1. The van der Waals surface area contributed by atoms with Crippen molar-refractivity contribution in [3.8, 4) is 22.9 Å². The van der Waals surface area contributed by atoms with Crippen molar-refractivity contribution in [3.63, 3.8) is 0 Å². The summed E-state index contributed by atoms with van der Waals surface area (Å²) in [4.78, 5) is 0. The van der Waals surface area contributed by atoms with Crippen LogP contribution in [0.25, 0.3) is 11.4 Å². The van der Waals surface area contributed by atoms with Gasteiger partial charge in [-0.15, -0.1) is 10.2 Å². The summed E-state index contributed by atoms with van der Waals surface area (Å²) in [7, 11) is 0. The minimum absolute atomic E-state index is 0.275. The minimum Gasteiger partial charge on any atom is -0.486 e. The normalized spacial score (nSPS) is 15.6. The van der Waals surface area contributed by atoms with Gasteiger partial charge in [-0.3, -0.25) is 4.57 Å². The number of halogens is 2. The maximum absolute atomic E-state index is 14.3. The molecule has 0 atom stereocenters. The zero-order valence-corrected chi connectivity index (χ0v) is 17.3. The van der Waals surface area contributed by atoms with Crippen molar-refractivity contribution in [2.75, 3.05) is 13.2 Å². The molecule has 5 nitrogen and oxygen atoms in total. The van der Waals surface area contributed by atoms with Crippen LogP contribution >= 0.6 is 27.7 Å². The van der Waals surface area contributed by atoms with E-state index in [-0.39, 0.29) is 5.82 Å². The van der Waals surface area contributed by atoms with Crippen LogP contribution in [0.3, 0.4) is 0 Å². The van der Waals surface area contributed by atoms with Crippen LogP contribution in [0.15, 0.2) is 46.0 Å². The van der Waals surface area contributed by atoms with Crippen molar-refractivity contribution in [1.82, 2.24) is 14.8 Å². The van der Waals surface area contributed by atoms with Crippen molar-refractivity contribution in [1.29, 1.82) is 0 Å². The van der Waals surface area contributed by atoms with Gasteiger partial charge >= 0.3 is 0 Å². The van der Waals surface area contributed by atoms with Gasteiger partial charge in [-0.1, -0.05) is 39.8 Å². The van der Waals surface area contributed by atoms with Gasteiger partial charge in [-0.2, -0.15) is 0 Å². The summed E-state index contributed by atoms with van der Waals surface area (Å²) in [5, 5.41) is 9.48. The Labute approximate surface area is 174 Å². The lowest BCUT2D eigenvalue weighted by Crippen LogP contribution is -2.15. The number of nitrogens with zero attached hydrogens (tertiary/aromatic N) is 3. The van der Waals surface area contributed by atoms with Gasteiger partial charge in [0.1, 0.15) is 19.0 Å². The lowest BCUT2D eigenvalue weighted by Gasteiger charge is -2.19. The van der Waals surface area contributed by atoms with Crippen molar-refractivity contribution in [3.05, 3.63) is 52.3 Å². The number of hydrogen-bond acceptors (Lipinski definition) is 5. The molecule has 1 aromatic heterocycles. The molecule has 28 heavy (non-hydrogen) atoms. The van der Waals surface area contributed by atoms with Gasteiger partial charge in [0, 0.05) is 16.3 Å². The summed E-state index contributed by atoms with van der Waals surface area (Å²) < 4.78 is 28.6. The molecule has 1 saturated carbocycles. The Morgan fingerprint density at radius 2 is 1.86 bits per heavy atom. The molecule has 0 spiro atoms. The summed E-state index contributed by atoms with van der Waals surface area (Å²) in [6, 6.07) is 11.0. The van der Waals surface area contributed by atoms with Crippen LogP contribution in [-0.2, 0) is 5.75 Å². The molecule has 0 amide bonds. The molecule has 144 valence electrons. The molecule has 3 aromatic rings. The van der Waals surface area contributed by atoms with Gasteiger partial charge in [0.15, 0.2) is 22.5 Å². The molecule has 0 N–H and O–H groups in total. The number of ether oxygens (including phenoxy) is 2. The van der Waals surface area contributed by atoms with E-state index in [1.54, 1.807) is 23.9 Å². The third kappa shape index (κ3) is 3.39. The van der Waals surface area contributed by atoms with E-state index in [1.807, 2.05) is 18.2 Å². The number of aromatic nitrogens is 3. The topological polar surface area (TPSA) is 49.2 Å². The largest absolute Gasteiger partial charge is 0.486 e. The highest BCUT2D eigenvalue weighted by atomic mass is 79.9. The average Bonchev–Trinajstić information content (AvgIpc) is 3.46. The van der Waals surface area contributed by atoms with Crippen molar-refractivity contribution < 1.29 is 13.9 Å². The average molecular weight is 462 g/mol. The van der Waals surface area contributed by atoms with Gasteiger partial charge in [0.05, 0.1) is 5.56 Å². The Kier molecular flexibility index (Phi) is 4.76. The monoisotopic (exact) mass is 461 g/mol. The number of hydrogen-bond donors (Lipinski definition) is 0. The number of benzene rings is 2. The van der Waals surface area contributed by atoms with Gasteiger partial charge < -0.3 is 9.47 Å². The standard InChI is InChI=1S/C20H17BrFN3O2S/c21-15-10-18-17(26-7-8-27-18)9-12(15)11-28-20-24-23-19(25(20)13-5-6-13)14-3-1-2-4-16(14)22/h1-4,9-10,13H,5-8,11H2. The Morgan fingerprint density at radius 3 is 2.61 bits per heavy atom. The summed E-state index contributed by atoms with van der Waals surface area (Å²) in [5.74, 6) is 2.54. The fourth-order valence-corrected chi connectivity index (χ4v) is 4.87. The molecule has 5 rings (SSSR count). The third-order valence-corrected chi connectivity index (χ3v) is 6.49. The highest BCUT2D eigenvalue weighted by Gasteiger charge is 2.31. The minimum atomic E-state index is -0.275. The fourth-order valence-electron chi connectivity index (χ4n) is 3.22. The zero-order chi connectivity index (χ0) is 19.1. The van der Waals surface area contributed by atoms with Crippen LogP contribution < -0.4 is 9.47 Å². The zero-order valence-electron chi connectivity index (χ0n) is 14.9. The van der Waals surface area contributed by atoms with Crippen LogP contribution in [-0.4, -0.2) is 28.0 Å². The van der Waals surface area contributed by atoms with Crippen LogP contribution in [0.5, 0.6) is 11.5 Å². The van der Waals surface area contributed by atoms with E-state index in [0.29, 0.717) is 36.4 Å². The molecule has 0 bridgehead atoms. The van der Waals surface area contributed by atoms with Crippen LogP contribution in [0.2, 0.25) is 0 Å². The molecular formula is C20H17BrFN3O2S. The van der Waals surface area contributed by atoms with Crippen molar-refractivity contribution in [2.45, 2.75) is 29.8 Å². The van der Waals surface area contributed by atoms with Gasteiger partial charge in [0.25, 0.3) is 0 Å². The number of rotatable bonds is 5. The first-order valence-electron chi connectivity index (χ1n) is 9.11. The summed E-state index contributed by atoms with van der Waals surface area (Å²) in [6.07, 6.45) is 2.14.